The number of benzene rings is 2. The minimum atomic E-state index is 0. The molecule has 0 radical (unpaired) electrons. The van der Waals surface area contributed by atoms with E-state index in [1.54, 1.807) is 0 Å². The Hall–Kier alpha value is -2.20. The quantitative estimate of drug-likeness (QED) is 0.520. The van der Waals surface area contributed by atoms with Crippen molar-refractivity contribution >= 4 is 0 Å². The Balaban J connectivity index is 0.00000185. The normalized spacial score (nSPS) is 11.0. The maximum Gasteiger partial charge on any atom is 0.0315 e. The summed E-state index contributed by atoms with van der Waals surface area (Å²) < 4.78 is 0. The van der Waals surface area contributed by atoms with Crippen molar-refractivity contribution in [2.24, 2.45) is 0 Å². The third-order valence-electron chi connectivity index (χ3n) is 4.01. The van der Waals surface area contributed by atoms with Gasteiger partial charge in [-0.15, -0.1) is 0 Å². The molecule has 0 saturated carbocycles. The van der Waals surface area contributed by atoms with E-state index in [9.17, 15) is 0 Å². The van der Waals surface area contributed by atoms with Crippen LogP contribution >= 0.6 is 0 Å². The summed E-state index contributed by atoms with van der Waals surface area (Å²) in [5, 5.41) is 3.01. The fraction of sp³-hybridized carbons (Fsp3) is 0.391. The third kappa shape index (κ3) is 7.38. The molecular weight excluding hydrogens is 290 g/mol. The van der Waals surface area contributed by atoms with Crippen molar-refractivity contribution in [3.05, 3.63) is 70.8 Å². The van der Waals surface area contributed by atoms with Crippen molar-refractivity contribution in [1.29, 1.82) is 0 Å². The lowest BCUT2D eigenvalue weighted by molar-refractivity contribution is 0.598. The van der Waals surface area contributed by atoms with Crippen molar-refractivity contribution in [2.45, 2.75) is 59.4 Å². The van der Waals surface area contributed by atoms with E-state index in [1.807, 2.05) is 13.8 Å². The molecule has 0 aliphatic heterocycles. The van der Waals surface area contributed by atoms with Crippen molar-refractivity contribution in [2.75, 3.05) is 0 Å². The molecule has 0 saturated heterocycles. The number of rotatable bonds is 7. The second-order valence-electron chi connectivity index (χ2n) is 6.03. The van der Waals surface area contributed by atoms with Crippen LogP contribution in [0.5, 0.6) is 0 Å². The van der Waals surface area contributed by atoms with Gasteiger partial charge in [-0.1, -0.05) is 74.4 Å². The number of hydrogen-bond donors (Lipinski definition) is 1. The number of hydrogen-bond acceptors (Lipinski definition) is 1. The van der Waals surface area contributed by atoms with Crippen LogP contribution in [0.15, 0.2) is 48.5 Å². The molecule has 1 heteroatoms. The molecule has 0 heterocycles. The molecule has 2 rings (SSSR count). The number of aryl methyl sites for hydroxylation is 4. The standard InChI is InChI=1S/C21H25N.C2H6.H2/c1-4-22-18(3)10-13-20-6-5-7-21(16-20)15-14-19-11-8-17(2)9-12-19;1-2;/h1,5-9,11-12,16,18,22H,10,13-15H2,2-3H3;1-2H3;1H. The van der Waals surface area contributed by atoms with E-state index in [-0.39, 0.29) is 1.43 Å². The summed E-state index contributed by atoms with van der Waals surface area (Å²) in [6, 6.07) is 20.6. The van der Waals surface area contributed by atoms with Gasteiger partial charge in [0.1, 0.15) is 0 Å². The fourth-order valence-corrected chi connectivity index (χ4v) is 2.58. The molecule has 1 N–H and O–H groups in total. The third-order valence-corrected chi connectivity index (χ3v) is 4.01. The Bertz CT molecular complexity index is 625. The van der Waals surface area contributed by atoms with Crippen LogP contribution in [0.2, 0.25) is 0 Å². The summed E-state index contributed by atoms with van der Waals surface area (Å²) in [5.74, 6) is 0. The number of terminal acetylenes is 1. The second kappa shape index (κ2) is 11.4. The zero-order valence-electron chi connectivity index (χ0n) is 15.6. The predicted octanol–water partition coefficient (Wildman–Crippen LogP) is 5.55. The van der Waals surface area contributed by atoms with Crippen LogP contribution in [0.4, 0.5) is 0 Å². The molecule has 24 heavy (non-hydrogen) atoms. The predicted molar refractivity (Wildman–Crippen MR) is 108 cm³/mol. The van der Waals surface area contributed by atoms with Gasteiger partial charge in [0.2, 0.25) is 0 Å². The summed E-state index contributed by atoms with van der Waals surface area (Å²) in [6.45, 7) is 8.25. The molecule has 0 aromatic heterocycles. The first-order valence-corrected chi connectivity index (χ1v) is 9.02. The molecule has 0 aliphatic carbocycles. The Morgan fingerprint density at radius 2 is 1.54 bits per heavy atom. The first-order valence-electron chi connectivity index (χ1n) is 9.02. The molecule has 0 bridgehead atoms. The molecule has 0 amide bonds. The topological polar surface area (TPSA) is 12.0 Å². The Morgan fingerprint density at radius 1 is 0.958 bits per heavy atom. The van der Waals surface area contributed by atoms with Gasteiger partial charge in [0.25, 0.3) is 0 Å². The zero-order valence-corrected chi connectivity index (χ0v) is 15.6. The van der Waals surface area contributed by atoms with Crippen LogP contribution in [-0.2, 0) is 19.3 Å². The fourth-order valence-electron chi connectivity index (χ4n) is 2.58. The molecule has 0 spiro atoms. The molecule has 1 atom stereocenters. The molecule has 0 fully saturated rings. The SMILES string of the molecule is C#CNC(C)CCc1cccc(CCc2ccc(C)cc2)c1.CC.[HH]. The van der Waals surface area contributed by atoms with Crippen LogP contribution in [-0.4, -0.2) is 6.04 Å². The van der Waals surface area contributed by atoms with Crippen LogP contribution in [0.25, 0.3) is 0 Å². The van der Waals surface area contributed by atoms with Crippen molar-refractivity contribution in [1.82, 2.24) is 5.32 Å². The molecule has 2 aromatic carbocycles. The van der Waals surface area contributed by atoms with E-state index in [4.69, 9.17) is 6.42 Å². The van der Waals surface area contributed by atoms with Gasteiger partial charge in [-0.05, 0) is 56.2 Å². The van der Waals surface area contributed by atoms with Crippen LogP contribution in [0, 0.1) is 19.4 Å². The van der Waals surface area contributed by atoms with E-state index < -0.39 is 0 Å². The number of nitrogens with one attached hydrogen (secondary N) is 1. The monoisotopic (exact) mass is 323 g/mol. The summed E-state index contributed by atoms with van der Waals surface area (Å²) >= 11 is 0. The van der Waals surface area contributed by atoms with Gasteiger partial charge in [0.05, 0.1) is 0 Å². The summed E-state index contributed by atoms with van der Waals surface area (Å²) in [4.78, 5) is 0. The maximum absolute atomic E-state index is 5.27. The Kier molecular flexibility index (Phi) is 9.39. The van der Waals surface area contributed by atoms with Crippen LogP contribution in [0.3, 0.4) is 0 Å². The van der Waals surface area contributed by atoms with Crippen LogP contribution in [0.1, 0.15) is 50.9 Å². The van der Waals surface area contributed by atoms with Gasteiger partial charge in [0.15, 0.2) is 0 Å². The molecule has 130 valence electrons. The van der Waals surface area contributed by atoms with E-state index in [0.717, 1.165) is 25.7 Å². The highest BCUT2D eigenvalue weighted by Crippen LogP contribution is 2.12. The lowest BCUT2D eigenvalue weighted by atomic mass is 9.99. The van der Waals surface area contributed by atoms with Crippen LogP contribution < -0.4 is 5.32 Å². The maximum atomic E-state index is 5.27. The molecule has 1 nitrogen and oxygen atoms in total. The minimum absolute atomic E-state index is 0. The van der Waals surface area contributed by atoms with Gasteiger partial charge in [-0.3, -0.25) is 0 Å². The highest BCUT2D eigenvalue weighted by atomic mass is 14.9. The Labute approximate surface area is 150 Å². The molecular formula is C23H33N. The summed E-state index contributed by atoms with van der Waals surface area (Å²) in [5.41, 5.74) is 5.53. The molecule has 2 aromatic rings. The van der Waals surface area contributed by atoms with Gasteiger partial charge in [-0.25, -0.2) is 0 Å². The van der Waals surface area contributed by atoms with Crippen molar-refractivity contribution < 1.29 is 1.43 Å². The van der Waals surface area contributed by atoms with Gasteiger partial charge >= 0.3 is 0 Å². The first-order chi connectivity index (χ1) is 11.7. The molecule has 0 aliphatic rings. The average molecular weight is 324 g/mol. The smallest absolute Gasteiger partial charge is 0.0315 e. The van der Waals surface area contributed by atoms with E-state index in [2.05, 4.69) is 73.7 Å². The van der Waals surface area contributed by atoms with Crippen molar-refractivity contribution in [3.8, 4) is 12.5 Å². The van der Waals surface area contributed by atoms with Gasteiger partial charge < -0.3 is 5.32 Å². The minimum Gasteiger partial charge on any atom is -0.343 e. The van der Waals surface area contributed by atoms with E-state index in [1.165, 1.54) is 22.3 Å². The highest BCUT2D eigenvalue weighted by molar-refractivity contribution is 5.26. The van der Waals surface area contributed by atoms with Crippen molar-refractivity contribution in [3.63, 3.8) is 0 Å². The van der Waals surface area contributed by atoms with E-state index >= 15 is 0 Å². The summed E-state index contributed by atoms with van der Waals surface area (Å²) in [7, 11) is 0. The Morgan fingerprint density at radius 3 is 2.17 bits per heavy atom. The zero-order chi connectivity index (χ0) is 17.8. The lowest BCUT2D eigenvalue weighted by Gasteiger charge is -2.10. The molecule has 1 unspecified atom stereocenters. The highest BCUT2D eigenvalue weighted by Gasteiger charge is 2.02. The summed E-state index contributed by atoms with van der Waals surface area (Å²) in [6.07, 6.45) is 9.58. The average Bonchev–Trinajstić information content (AvgIpc) is 2.62. The van der Waals surface area contributed by atoms with Gasteiger partial charge in [-0.2, -0.15) is 0 Å². The lowest BCUT2D eigenvalue weighted by Crippen LogP contribution is -2.21. The van der Waals surface area contributed by atoms with E-state index in [0.29, 0.717) is 6.04 Å². The first kappa shape index (κ1) is 19.8. The van der Waals surface area contributed by atoms with Gasteiger partial charge in [0, 0.05) is 13.5 Å². The second-order valence-corrected chi connectivity index (χ2v) is 6.03. The largest absolute Gasteiger partial charge is 0.343 e.